The molecule has 58 valence electrons. The first-order chi connectivity index (χ1) is 5.17. The van der Waals surface area contributed by atoms with E-state index in [-0.39, 0.29) is 5.41 Å². The van der Waals surface area contributed by atoms with Crippen LogP contribution in [0.4, 0.5) is 0 Å². The molecular formula is C10H13N. The van der Waals surface area contributed by atoms with Crippen LogP contribution in [0.25, 0.3) is 0 Å². The minimum Gasteiger partial charge on any atom is -0.193 e. The summed E-state index contributed by atoms with van der Waals surface area (Å²) in [5.74, 6) is 0. The predicted octanol–water partition coefficient (Wildman–Crippen LogP) is 2.81. The van der Waals surface area contributed by atoms with Crippen LogP contribution in [0.2, 0.25) is 0 Å². The van der Waals surface area contributed by atoms with Crippen LogP contribution in [0.5, 0.6) is 0 Å². The second-order valence-electron chi connectivity index (χ2n) is 3.54. The molecule has 1 aliphatic rings. The van der Waals surface area contributed by atoms with Crippen molar-refractivity contribution in [3.8, 4) is 6.07 Å². The Bertz CT molecular complexity index is 238. The number of nitrogens with zero attached hydrogens (tertiary/aromatic N) is 1. The zero-order chi connectivity index (χ0) is 8.32. The van der Waals surface area contributed by atoms with Gasteiger partial charge in [-0.1, -0.05) is 26.0 Å². The topological polar surface area (TPSA) is 23.8 Å². The van der Waals surface area contributed by atoms with Gasteiger partial charge in [0, 0.05) is 11.0 Å². The fourth-order valence-corrected chi connectivity index (χ4v) is 1.25. The van der Waals surface area contributed by atoms with Crippen molar-refractivity contribution in [3.05, 3.63) is 23.8 Å². The van der Waals surface area contributed by atoms with E-state index in [0.29, 0.717) is 0 Å². The average Bonchev–Trinajstić information content (AvgIpc) is 2.10. The van der Waals surface area contributed by atoms with Crippen molar-refractivity contribution in [2.75, 3.05) is 0 Å². The first-order valence-electron chi connectivity index (χ1n) is 3.94. The molecule has 0 amide bonds. The van der Waals surface area contributed by atoms with Gasteiger partial charge < -0.3 is 0 Å². The quantitative estimate of drug-likeness (QED) is 0.517. The highest BCUT2D eigenvalue weighted by atomic mass is 14.3. The lowest BCUT2D eigenvalue weighted by Gasteiger charge is -2.21. The Morgan fingerprint density at radius 2 is 2.27 bits per heavy atom. The normalized spacial score (nSPS) is 21.7. The number of allylic oxidation sites excluding steroid dienone is 4. The first kappa shape index (κ1) is 8.07. The lowest BCUT2D eigenvalue weighted by Crippen LogP contribution is -2.12. The maximum Gasteiger partial charge on any atom is 0.0952 e. The molecule has 1 heteroatoms. The van der Waals surface area contributed by atoms with Gasteiger partial charge in [0.05, 0.1) is 6.07 Å². The van der Waals surface area contributed by atoms with Crippen LogP contribution in [-0.4, -0.2) is 0 Å². The fraction of sp³-hybridized carbons (Fsp3) is 0.500. The Balaban J connectivity index is 2.93. The Morgan fingerprint density at radius 3 is 2.91 bits per heavy atom. The Hall–Kier alpha value is -1.03. The van der Waals surface area contributed by atoms with Gasteiger partial charge in [-0.25, -0.2) is 0 Å². The molecule has 0 atom stereocenters. The molecule has 0 aromatic carbocycles. The predicted molar refractivity (Wildman–Crippen MR) is 45.9 cm³/mol. The van der Waals surface area contributed by atoms with Gasteiger partial charge in [-0.05, 0) is 18.9 Å². The largest absolute Gasteiger partial charge is 0.193 e. The van der Waals surface area contributed by atoms with E-state index in [1.54, 1.807) is 0 Å². The van der Waals surface area contributed by atoms with Crippen LogP contribution in [0.15, 0.2) is 23.8 Å². The van der Waals surface area contributed by atoms with Gasteiger partial charge in [0.25, 0.3) is 0 Å². The molecule has 0 saturated carbocycles. The van der Waals surface area contributed by atoms with Crippen molar-refractivity contribution in [2.24, 2.45) is 5.41 Å². The Morgan fingerprint density at radius 1 is 1.55 bits per heavy atom. The van der Waals surface area contributed by atoms with Crippen LogP contribution in [0.1, 0.15) is 26.7 Å². The third-order valence-electron chi connectivity index (χ3n) is 2.18. The minimum atomic E-state index is 0.0677. The second kappa shape index (κ2) is 2.92. The Kier molecular flexibility index (Phi) is 2.14. The summed E-state index contributed by atoms with van der Waals surface area (Å²) in [6.07, 6.45) is 8.17. The molecule has 0 N–H and O–H groups in total. The molecule has 0 fully saturated rings. The third-order valence-corrected chi connectivity index (χ3v) is 2.18. The summed E-state index contributed by atoms with van der Waals surface area (Å²) in [7, 11) is 0. The summed E-state index contributed by atoms with van der Waals surface area (Å²) in [6, 6.07) is 2.24. The van der Waals surface area contributed by atoms with Crippen molar-refractivity contribution in [1.29, 1.82) is 5.26 Å². The summed E-state index contributed by atoms with van der Waals surface area (Å²) in [4.78, 5) is 0. The van der Waals surface area contributed by atoms with E-state index in [1.807, 2.05) is 12.2 Å². The van der Waals surface area contributed by atoms with E-state index in [0.717, 1.165) is 18.4 Å². The standard InChI is InChI=1S/C10H13N/c1-10(2)7-5-3-4-6-9(10)8-11/h3-4,6H,5,7H2,1-2H3. The van der Waals surface area contributed by atoms with Crippen LogP contribution in [-0.2, 0) is 0 Å². The van der Waals surface area contributed by atoms with Gasteiger partial charge in [-0.15, -0.1) is 0 Å². The monoisotopic (exact) mass is 147 g/mol. The minimum absolute atomic E-state index is 0.0677. The summed E-state index contributed by atoms with van der Waals surface area (Å²) in [5, 5.41) is 8.80. The molecule has 0 spiro atoms. The molecule has 11 heavy (non-hydrogen) atoms. The molecule has 1 aliphatic carbocycles. The molecule has 0 saturated heterocycles. The van der Waals surface area contributed by atoms with E-state index in [9.17, 15) is 0 Å². The molecule has 0 bridgehead atoms. The maximum absolute atomic E-state index is 8.80. The van der Waals surface area contributed by atoms with E-state index in [4.69, 9.17) is 5.26 Å². The second-order valence-corrected chi connectivity index (χ2v) is 3.54. The number of rotatable bonds is 0. The van der Waals surface area contributed by atoms with Gasteiger partial charge >= 0.3 is 0 Å². The summed E-state index contributed by atoms with van der Waals surface area (Å²) < 4.78 is 0. The lowest BCUT2D eigenvalue weighted by atomic mass is 9.81. The average molecular weight is 147 g/mol. The molecular weight excluding hydrogens is 134 g/mol. The molecule has 1 nitrogen and oxygen atoms in total. The smallest absolute Gasteiger partial charge is 0.0952 e. The molecule has 0 heterocycles. The van der Waals surface area contributed by atoms with Crippen molar-refractivity contribution in [2.45, 2.75) is 26.7 Å². The SMILES string of the molecule is CC1(C)CCC=CC=C1C#N. The van der Waals surface area contributed by atoms with Crippen molar-refractivity contribution >= 4 is 0 Å². The summed E-state index contributed by atoms with van der Waals surface area (Å²) in [6.45, 7) is 4.24. The van der Waals surface area contributed by atoms with Crippen LogP contribution in [0.3, 0.4) is 0 Å². The molecule has 0 aliphatic heterocycles. The van der Waals surface area contributed by atoms with Crippen molar-refractivity contribution in [3.63, 3.8) is 0 Å². The van der Waals surface area contributed by atoms with Crippen LogP contribution < -0.4 is 0 Å². The molecule has 0 aromatic rings. The lowest BCUT2D eigenvalue weighted by molar-refractivity contribution is 0.426. The summed E-state index contributed by atoms with van der Waals surface area (Å²) >= 11 is 0. The first-order valence-corrected chi connectivity index (χ1v) is 3.94. The van der Waals surface area contributed by atoms with Crippen molar-refractivity contribution in [1.82, 2.24) is 0 Å². The number of hydrogen-bond acceptors (Lipinski definition) is 1. The third kappa shape index (κ3) is 1.71. The maximum atomic E-state index is 8.80. The van der Waals surface area contributed by atoms with E-state index >= 15 is 0 Å². The van der Waals surface area contributed by atoms with Gasteiger partial charge in [-0.2, -0.15) is 5.26 Å². The van der Waals surface area contributed by atoms with Crippen LogP contribution >= 0.6 is 0 Å². The van der Waals surface area contributed by atoms with E-state index in [2.05, 4.69) is 26.0 Å². The number of hydrogen-bond donors (Lipinski definition) is 0. The highest BCUT2D eigenvalue weighted by molar-refractivity contribution is 5.32. The fourth-order valence-electron chi connectivity index (χ4n) is 1.25. The zero-order valence-electron chi connectivity index (χ0n) is 7.09. The zero-order valence-corrected chi connectivity index (χ0v) is 7.09. The molecule has 0 unspecified atom stereocenters. The van der Waals surface area contributed by atoms with E-state index in [1.165, 1.54) is 0 Å². The van der Waals surface area contributed by atoms with Gasteiger partial charge in [0.1, 0.15) is 0 Å². The highest BCUT2D eigenvalue weighted by Crippen LogP contribution is 2.32. The highest BCUT2D eigenvalue weighted by Gasteiger charge is 2.22. The number of nitriles is 1. The van der Waals surface area contributed by atoms with Gasteiger partial charge in [-0.3, -0.25) is 0 Å². The van der Waals surface area contributed by atoms with Gasteiger partial charge in [0.15, 0.2) is 0 Å². The molecule has 0 radical (unpaired) electrons. The van der Waals surface area contributed by atoms with Gasteiger partial charge in [0.2, 0.25) is 0 Å². The van der Waals surface area contributed by atoms with E-state index < -0.39 is 0 Å². The molecule has 0 aromatic heterocycles. The van der Waals surface area contributed by atoms with Crippen LogP contribution in [0, 0.1) is 16.7 Å². The van der Waals surface area contributed by atoms with Crippen molar-refractivity contribution < 1.29 is 0 Å². The Labute approximate surface area is 68.0 Å². The summed E-state index contributed by atoms with van der Waals surface area (Å²) in [5.41, 5.74) is 0.962. The molecule has 1 rings (SSSR count).